The Morgan fingerprint density at radius 3 is 2.42 bits per heavy atom. The number of methoxy groups -OCH3 is 1. The Labute approximate surface area is 139 Å². The Balaban J connectivity index is 2.01. The molecule has 1 N–H and O–H groups in total. The molecule has 7 nitrogen and oxygen atoms in total. The van der Waals surface area contributed by atoms with E-state index in [9.17, 15) is 8.42 Å². The molecule has 0 aliphatic heterocycles. The van der Waals surface area contributed by atoms with Crippen LogP contribution in [0, 0.1) is 0 Å². The van der Waals surface area contributed by atoms with Gasteiger partial charge in [-0.3, -0.25) is 9.71 Å². The van der Waals surface area contributed by atoms with E-state index >= 15 is 0 Å². The maximum atomic E-state index is 12.5. The summed E-state index contributed by atoms with van der Waals surface area (Å²) in [5.41, 5.74) is 0.528. The van der Waals surface area contributed by atoms with E-state index in [1.165, 1.54) is 25.4 Å². The lowest BCUT2D eigenvalue weighted by atomic mass is 10.3. The molecule has 0 atom stereocenters. The molecule has 0 aliphatic rings. The summed E-state index contributed by atoms with van der Waals surface area (Å²) >= 11 is 0. The first-order chi connectivity index (χ1) is 11.6. The molecular weight excluding hydrogens is 328 g/mol. The number of sulfonamides is 1. The summed E-state index contributed by atoms with van der Waals surface area (Å²) in [5.74, 6) is 0.563. The summed E-state index contributed by atoms with van der Waals surface area (Å²) < 4.78 is 32.5. The third-order valence-electron chi connectivity index (χ3n) is 3.15. The van der Waals surface area contributed by atoms with Crippen molar-refractivity contribution in [2.24, 2.45) is 0 Å². The highest BCUT2D eigenvalue weighted by Crippen LogP contribution is 2.26. The van der Waals surface area contributed by atoms with Gasteiger partial charge in [0.05, 0.1) is 18.2 Å². The molecule has 122 valence electrons. The molecule has 0 aliphatic carbocycles. The predicted octanol–water partition coefficient (Wildman–Crippen LogP) is 2.35. The summed E-state index contributed by atoms with van der Waals surface area (Å²) in [4.78, 5) is 12.7. The van der Waals surface area contributed by atoms with E-state index in [0.717, 1.165) is 0 Å². The van der Waals surface area contributed by atoms with Gasteiger partial charge in [0.15, 0.2) is 17.4 Å². The number of pyridine rings is 1. The zero-order valence-electron chi connectivity index (χ0n) is 12.7. The molecule has 0 spiro atoms. The minimum atomic E-state index is -3.79. The van der Waals surface area contributed by atoms with Crippen molar-refractivity contribution in [1.82, 2.24) is 15.0 Å². The van der Waals surface area contributed by atoms with E-state index in [0.29, 0.717) is 11.5 Å². The first-order valence-corrected chi connectivity index (χ1v) is 8.49. The number of benzene rings is 1. The minimum absolute atomic E-state index is 0.0528. The molecule has 0 radical (unpaired) electrons. The van der Waals surface area contributed by atoms with E-state index in [-0.39, 0.29) is 16.5 Å². The van der Waals surface area contributed by atoms with Crippen molar-refractivity contribution < 1.29 is 13.2 Å². The molecule has 0 saturated carbocycles. The zero-order chi connectivity index (χ0) is 17.0. The second-order valence-corrected chi connectivity index (χ2v) is 6.43. The number of hydrogen-bond donors (Lipinski definition) is 1. The average molecular weight is 342 g/mol. The molecule has 24 heavy (non-hydrogen) atoms. The fourth-order valence-corrected chi connectivity index (χ4v) is 3.03. The Morgan fingerprint density at radius 1 is 1.00 bits per heavy atom. The number of rotatable bonds is 5. The summed E-state index contributed by atoms with van der Waals surface area (Å²) in [6.07, 6.45) is 3.01. The summed E-state index contributed by atoms with van der Waals surface area (Å²) in [5, 5.41) is 0. The standard InChI is InChI=1S/C16H14N4O3S/c1-23-14-11-18-15(13-9-5-6-10-17-13)19-16(14)20-24(21,22)12-7-3-2-4-8-12/h2-11H,1H3,(H,18,19,20). The van der Waals surface area contributed by atoms with Crippen molar-refractivity contribution in [2.45, 2.75) is 4.90 Å². The second-order valence-electron chi connectivity index (χ2n) is 4.74. The van der Waals surface area contributed by atoms with Crippen LogP contribution in [-0.4, -0.2) is 30.5 Å². The molecule has 8 heteroatoms. The van der Waals surface area contributed by atoms with Gasteiger partial charge in [-0.05, 0) is 24.3 Å². The highest BCUT2D eigenvalue weighted by molar-refractivity contribution is 7.92. The second kappa shape index (κ2) is 6.63. The lowest BCUT2D eigenvalue weighted by Crippen LogP contribution is -2.15. The van der Waals surface area contributed by atoms with Crippen molar-refractivity contribution in [3.05, 3.63) is 60.9 Å². The van der Waals surface area contributed by atoms with Crippen molar-refractivity contribution in [3.63, 3.8) is 0 Å². The molecule has 2 heterocycles. The number of ether oxygens (including phenoxy) is 1. The summed E-state index contributed by atoms with van der Waals surface area (Å²) in [6, 6.07) is 13.3. The first-order valence-electron chi connectivity index (χ1n) is 7.00. The molecule has 1 aromatic carbocycles. The Kier molecular flexibility index (Phi) is 4.39. The molecular formula is C16H14N4O3S. The lowest BCUT2D eigenvalue weighted by molar-refractivity contribution is 0.413. The number of nitrogens with one attached hydrogen (secondary N) is 1. The summed E-state index contributed by atoms with van der Waals surface area (Å²) in [7, 11) is -2.37. The number of aromatic nitrogens is 3. The van der Waals surface area contributed by atoms with Gasteiger partial charge >= 0.3 is 0 Å². The maximum absolute atomic E-state index is 12.5. The van der Waals surface area contributed by atoms with Gasteiger partial charge in [-0.25, -0.2) is 18.4 Å². The number of nitrogens with zero attached hydrogens (tertiary/aromatic N) is 3. The molecule has 0 bridgehead atoms. The minimum Gasteiger partial charge on any atom is -0.491 e. The lowest BCUT2D eigenvalue weighted by Gasteiger charge is -2.11. The van der Waals surface area contributed by atoms with Crippen LogP contribution >= 0.6 is 0 Å². The molecule has 0 fully saturated rings. The third kappa shape index (κ3) is 3.33. The van der Waals surface area contributed by atoms with Crippen LogP contribution in [0.1, 0.15) is 0 Å². The average Bonchev–Trinajstić information content (AvgIpc) is 2.63. The van der Waals surface area contributed by atoms with E-state index < -0.39 is 10.0 Å². The molecule has 3 aromatic rings. The molecule has 2 aromatic heterocycles. The predicted molar refractivity (Wildman–Crippen MR) is 89.1 cm³/mol. The van der Waals surface area contributed by atoms with E-state index in [1.807, 2.05) is 0 Å². The van der Waals surface area contributed by atoms with Crippen molar-refractivity contribution in [2.75, 3.05) is 11.8 Å². The first kappa shape index (κ1) is 15.9. The van der Waals surface area contributed by atoms with Crippen LogP contribution in [0.15, 0.2) is 65.8 Å². The van der Waals surface area contributed by atoms with E-state index in [4.69, 9.17) is 4.74 Å². The fourth-order valence-electron chi connectivity index (χ4n) is 2.00. The number of hydrogen-bond acceptors (Lipinski definition) is 6. The van der Waals surface area contributed by atoms with Gasteiger partial charge in [-0.15, -0.1) is 0 Å². The van der Waals surface area contributed by atoms with Crippen molar-refractivity contribution in [3.8, 4) is 17.3 Å². The quantitative estimate of drug-likeness (QED) is 0.765. The van der Waals surface area contributed by atoms with Gasteiger partial charge in [0.25, 0.3) is 10.0 Å². The van der Waals surface area contributed by atoms with E-state index in [2.05, 4.69) is 19.7 Å². The van der Waals surface area contributed by atoms with Gasteiger partial charge in [0.1, 0.15) is 5.69 Å². The van der Waals surface area contributed by atoms with Crippen LogP contribution < -0.4 is 9.46 Å². The molecule has 0 saturated heterocycles. The number of anilines is 1. The van der Waals surface area contributed by atoms with Gasteiger partial charge < -0.3 is 4.74 Å². The zero-order valence-corrected chi connectivity index (χ0v) is 13.6. The van der Waals surface area contributed by atoms with Crippen LogP contribution in [-0.2, 0) is 10.0 Å². The van der Waals surface area contributed by atoms with E-state index in [1.54, 1.807) is 42.6 Å². The summed E-state index contributed by atoms with van der Waals surface area (Å²) in [6.45, 7) is 0. The van der Waals surface area contributed by atoms with Crippen LogP contribution in [0.25, 0.3) is 11.5 Å². The third-order valence-corrected chi connectivity index (χ3v) is 4.51. The normalized spacial score (nSPS) is 11.0. The SMILES string of the molecule is COc1cnc(-c2ccccn2)nc1NS(=O)(=O)c1ccccc1. The van der Waals surface area contributed by atoms with Gasteiger partial charge in [0.2, 0.25) is 0 Å². The van der Waals surface area contributed by atoms with Crippen molar-refractivity contribution in [1.29, 1.82) is 0 Å². The Morgan fingerprint density at radius 2 is 1.75 bits per heavy atom. The Bertz CT molecular complexity index is 932. The maximum Gasteiger partial charge on any atom is 0.263 e. The van der Waals surface area contributed by atoms with Gasteiger partial charge in [-0.2, -0.15) is 0 Å². The topological polar surface area (TPSA) is 94.1 Å². The van der Waals surface area contributed by atoms with Crippen LogP contribution in [0.5, 0.6) is 5.75 Å². The van der Waals surface area contributed by atoms with Crippen LogP contribution in [0.3, 0.4) is 0 Å². The van der Waals surface area contributed by atoms with Crippen LogP contribution in [0.4, 0.5) is 5.82 Å². The smallest absolute Gasteiger partial charge is 0.263 e. The molecule has 3 rings (SSSR count). The highest BCUT2D eigenvalue weighted by atomic mass is 32.2. The molecule has 0 unspecified atom stereocenters. The van der Waals surface area contributed by atoms with Gasteiger partial charge in [-0.1, -0.05) is 24.3 Å². The van der Waals surface area contributed by atoms with Gasteiger partial charge in [0, 0.05) is 6.20 Å². The largest absolute Gasteiger partial charge is 0.491 e. The highest BCUT2D eigenvalue weighted by Gasteiger charge is 2.18. The van der Waals surface area contributed by atoms with Crippen molar-refractivity contribution >= 4 is 15.8 Å². The molecule has 0 amide bonds. The van der Waals surface area contributed by atoms with Crippen LogP contribution in [0.2, 0.25) is 0 Å². The monoisotopic (exact) mass is 342 g/mol. The Hall–Kier alpha value is -3.00. The fraction of sp³-hybridized carbons (Fsp3) is 0.0625.